The van der Waals surface area contributed by atoms with Crippen LogP contribution < -0.4 is 11.3 Å². The van der Waals surface area contributed by atoms with Crippen molar-refractivity contribution in [3.8, 4) is 0 Å². The van der Waals surface area contributed by atoms with Crippen molar-refractivity contribution in [2.75, 3.05) is 5.73 Å². The molecule has 0 amide bonds. The molecule has 0 aliphatic carbocycles. The Hall–Kier alpha value is -1.10. The number of H-pyrrole nitrogens is 2. The number of nitrogens with two attached hydrogens (primary N) is 1. The van der Waals surface area contributed by atoms with Crippen molar-refractivity contribution >= 4 is 18.0 Å². The van der Waals surface area contributed by atoms with E-state index in [1.165, 1.54) is 0 Å². The van der Waals surface area contributed by atoms with Crippen LogP contribution in [0.1, 0.15) is 12.5 Å². The van der Waals surface area contributed by atoms with Crippen molar-refractivity contribution in [1.29, 1.82) is 0 Å². The van der Waals surface area contributed by atoms with Crippen LogP contribution in [0.5, 0.6) is 0 Å². The zero-order valence-electron chi connectivity index (χ0n) is 6.10. The molecule has 0 fully saturated rings. The number of aromatic nitrogens is 2. The Morgan fingerprint density at radius 2 is 2.18 bits per heavy atom. The molecule has 1 aromatic heterocycles. The summed E-state index contributed by atoms with van der Waals surface area (Å²) in [7, 11) is 0. The molecule has 0 aliphatic heterocycles. The number of aromatic amines is 2. The fraction of sp³-hybridized carbons (Fsp3) is 0.333. The summed E-state index contributed by atoms with van der Waals surface area (Å²) in [6.45, 7) is 1.86. The van der Waals surface area contributed by atoms with E-state index in [-0.39, 0.29) is 10.3 Å². The van der Waals surface area contributed by atoms with Crippen LogP contribution >= 0.6 is 12.2 Å². The van der Waals surface area contributed by atoms with E-state index in [1.54, 1.807) is 0 Å². The van der Waals surface area contributed by atoms with Crippen molar-refractivity contribution in [2.45, 2.75) is 13.3 Å². The summed E-state index contributed by atoms with van der Waals surface area (Å²) in [5.74, 6) is 0.362. The first kappa shape index (κ1) is 8.00. The Kier molecular flexibility index (Phi) is 2.09. The van der Waals surface area contributed by atoms with Crippen LogP contribution in [0.4, 0.5) is 5.82 Å². The maximum atomic E-state index is 11.1. The minimum absolute atomic E-state index is 0.200. The normalized spacial score (nSPS) is 9.91. The van der Waals surface area contributed by atoms with Crippen molar-refractivity contribution in [1.82, 2.24) is 9.97 Å². The van der Waals surface area contributed by atoms with Gasteiger partial charge in [0, 0.05) is 0 Å². The minimum atomic E-state index is -0.200. The molecular formula is C6H9N3OS. The molecule has 0 saturated heterocycles. The molecule has 0 aliphatic rings. The number of hydrogen-bond acceptors (Lipinski definition) is 3. The van der Waals surface area contributed by atoms with Gasteiger partial charge in [-0.3, -0.25) is 9.78 Å². The number of rotatable bonds is 1. The number of nitrogens with one attached hydrogen (secondary N) is 2. The quantitative estimate of drug-likeness (QED) is 0.541. The van der Waals surface area contributed by atoms with Crippen LogP contribution in [0.2, 0.25) is 0 Å². The maximum absolute atomic E-state index is 11.1. The van der Waals surface area contributed by atoms with E-state index >= 15 is 0 Å². The average Bonchev–Trinajstić information content (AvgIpc) is 1.85. The first-order valence-corrected chi connectivity index (χ1v) is 3.67. The lowest BCUT2D eigenvalue weighted by Gasteiger charge is -1.99. The lowest BCUT2D eigenvalue weighted by atomic mass is 10.2. The SMILES string of the molecule is CCc1c(N)[nH]c(=S)[nH]c1=O. The predicted molar refractivity (Wildman–Crippen MR) is 46.0 cm³/mol. The van der Waals surface area contributed by atoms with Gasteiger partial charge in [0.25, 0.3) is 5.56 Å². The molecule has 0 bridgehead atoms. The Morgan fingerprint density at radius 3 is 2.64 bits per heavy atom. The molecule has 0 aromatic carbocycles. The van der Waals surface area contributed by atoms with Gasteiger partial charge in [0.2, 0.25) is 0 Å². The Morgan fingerprint density at radius 1 is 1.55 bits per heavy atom. The molecule has 1 aromatic rings. The van der Waals surface area contributed by atoms with Crippen molar-refractivity contribution in [3.05, 3.63) is 20.7 Å². The van der Waals surface area contributed by atoms with E-state index in [1.807, 2.05) is 6.92 Å². The maximum Gasteiger partial charge on any atom is 0.256 e. The van der Waals surface area contributed by atoms with E-state index < -0.39 is 0 Å². The Bertz CT molecular complexity index is 365. The van der Waals surface area contributed by atoms with Crippen LogP contribution in [0.25, 0.3) is 0 Å². The summed E-state index contributed by atoms with van der Waals surface area (Å²) in [6, 6.07) is 0. The van der Waals surface area contributed by atoms with Crippen molar-refractivity contribution < 1.29 is 0 Å². The van der Waals surface area contributed by atoms with Gasteiger partial charge in [-0.25, -0.2) is 0 Å². The Balaban J connectivity index is 3.49. The first-order chi connectivity index (χ1) is 5.15. The number of anilines is 1. The van der Waals surface area contributed by atoms with Gasteiger partial charge >= 0.3 is 0 Å². The van der Waals surface area contributed by atoms with Crippen LogP contribution in [0.15, 0.2) is 4.79 Å². The zero-order valence-corrected chi connectivity index (χ0v) is 6.92. The van der Waals surface area contributed by atoms with Crippen molar-refractivity contribution in [3.63, 3.8) is 0 Å². The molecule has 0 spiro atoms. The standard InChI is InChI=1S/C6H9N3OS/c1-2-3-4(7)8-6(11)9-5(3)10/h2H2,1H3,(H4,7,8,9,10,11). The van der Waals surface area contributed by atoms with Gasteiger partial charge in [0.05, 0.1) is 5.56 Å². The summed E-state index contributed by atoms with van der Waals surface area (Å²) < 4.78 is 0.268. The van der Waals surface area contributed by atoms with Gasteiger partial charge < -0.3 is 10.7 Å². The van der Waals surface area contributed by atoms with E-state index in [0.717, 1.165) is 0 Å². The largest absolute Gasteiger partial charge is 0.385 e. The zero-order chi connectivity index (χ0) is 8.43. The predicted octanol–water partition coefficient (Wildman–Crippen LogP) is 0.577. The summed E-state index contributed by atoms with van der Waals surface area (Å²) in [5, 5.41) is 0. The minimum Gasteiger partial charge on any atom is -0.385 e. The van der Waals surface area contributed by atoms with Crippen LogP contribution in [-0.2, 0) is 6.42 Å². The molecule has 0 atom stereocenters. The monoisotopic (exact) mass is 171 g/mol. The molecule has 60 valence electrons. The number of hydrogen-bond donors (Lipinski definition) is 3. The van der Waals surface area contributed by atoms with E-state index in [9.17, 15) is 4.79 Å². The molecule has 1 rings (SSSR count). The topological polar surface area (TPSA) is 74.7 Å². The smallest absolute Gasteiger partial charge is 0.256 e. The molecule has 5 heteroatoms. The van der Waals surface area contributed by atoms with Gasteiger partial charge in [-0.1, -0.05) is 6.92 Å². The molecule has 0 radical (unpaired) electrons. The van der Waals surface area contributed by atoms with E-state index in [2.05, 4.69) is 9.97 Å². The van der Waals surface area contributed by atoms with E-state index in [0.29, 0.717) is 17.8 Å². The van der Waals surface area contributed by atoms with Crippen LogP contribution in [0, 0.1) is 4.77 Å². The van der Waals surface area contributed by atoms with E-state index in [4.69, 9.17) is 18.0 Å². The highest BCUT2D eigenvalue weighted by Crippen LogP contribution is 2.00. The summed E-state index contributed by atoms with van der Waals surface area (Å²) in [4.78, 5) is 16.2. The third-order valence-electron chi connectivity index (χ3n) is 1.43. The molecule has 0 saturated carbocycles. The fourth-order valence-electron chi connectivity index (χ4n) is 0.881. The molecule has 0 unspecified atom stereocenters. The molecular weight excluding hydrogens is 162 g/mol. The van der Waals surface area contributed by atoms with Crippen molar-refractivity contribution in [2.24, 2.45) is 0 Å². The summed E-state index contributed by atoms with van der Waals surface area (Å²) >= 11 is 4.70. The molecule has 4 nitrogen and oxygen atoms in total. The summed E-state index contributed by atoms with van der Waals surface area (Å²) in [6.07, 6.45) is 0.604. The third kappa shape index (κ3) is 1.48. The second-order valence-corrected chi connectivity index (χ2v) is 2.56. The van der Waals surface area contributed by atoms with Gasteiger partial charge in [-0.2, -0.15) is 0 Å². The third-order valence-corrected chi connectivity index (χ3v) is 1.63. The van der Waals surface area contributed by atoms with Gasteiger partial charge in [0.15, 0.2) is 4.77 Å². The first-order valence-electron chi connectivity index (χ1n) is 3.26. The second-order valence-electron chi connectivity index (χ2n) is 2.15. The van der Waals surface area contributed by atoms with Gasteiger partial charge in [-0.05, 0) is 18.6 Å². The fourth-order valence-corrected chi connectivity index (χ4v) is 1.08. The van der Waals surface area contributed by atoms with Gasteiger partial charge in [-0.15, -0.1) is 0 Å². The second kappa shape index (κ2) is 2.87. The highest BCUT2D eigenvalue weighted by molar-refractivity contribution is 7.71. The Labute approximate surface area is 68.5 Å². The average molecular weight is 171 g/mol. The highest BCUT2D eigenvalue weighted by atomic mass is 32.1. The van der Waals surface area contributed by atoms with Crippen LogP contribution in [0.3, 0.4) is 0 Å². The lowest BCUT2D eigenvalue weighted by molar-refractivity contribution is 0.999. The summed E-state index contributed by atoms with van der Waals surface area (Å²) in [5.41, 5.74) is 5.84. The molecule has 4 N–H and O–H groups in total. The molecule has 11 heavy (non-hydrogen) atoms. The lowest BCUT2D eigenvalue weighted by Crippen LogP contribution is -2.16. The number of nitrogen functional groups attached to an aromatic ring is 1. The molecule has 1 heterocycles. The van der Waals surface area contributed by atoms with Gasteiger partial charge in [0.1, 0.15) is 5.82 Å². The van der Waals surface area contributed by atoms with Crippen LogP contribution in [-0.4, -0.2) is 9.97 Å². The highest BCUT2D eigenvalue weighted by Gasteiger charge is 2.00.